The quantitative estimate of drug-likeness (QED) is 0.232. The standard InChI is InChI=1S/C27H25N7O3S/c1-27(2)24(36)33-26(37)34(27)13-12-30-25-29-11-9-20(32-25)22-15-18-14-19(6-7-21(18)38-22)31-23(35)8-5-17-4-3-10-28-16-17/h3-11,14-16H,12-13H2,1-2H3,(H,31,35)(H,29,30,32)(H,33,36,37). The molecule has 0 spiro atoms. The number of amides is 4. The number of nitrogens with zero attached hydrogens (tertiary/aromatic N) is 4. The molecule has 0 saturated carbocycles. The summed E-state index contributed by atoms with van der Waals surface area (Å²) in [5, 5.41) is 9.35. The minimum atomic E-state index is -0.896. The number of pyridine rings is 1. The first-order valence-corrected chi connectivity index (χ1v) is 12.7. The van der Waals surface area contributed by atoms with Crippen LogP contribution in [0.25, 0.3) is 26.7 Å². The van der Waals surface area contributed by atoms with Gasteiger partial charge in [0.1, 0.15) is 5.54 Å². The first-order chi connectivity index (χ1) is 18.3. The van der Waals surface area contributed by atoms with Crippen molar-refractivity contribution in [1.29, 1.82) is 0 Å². The highest BCUT2D eigenvalue weighted by atomic mass is 32.1. The molecular weight excluding hydrogens is 502 g/mol. The second-order valence-corrected chi connectivity index (χ2v) is 10.2. The van der Waals surface area contributed by atoms with Crippen molar-refractivity contribution in [3.8, 4) is 10.6 Å². The molecule has 5 rings (SSSR count). The highest BCUT2D eigenvalue weighted by molar-refractivity contribution is 7.22. The third-order valence-corrected chi connectivity index (χ3v) is 7.26. The fourth-order valence-corrected chi connectivity index (χ4v) is 5.03. The van der Waals surface area contributed by atoms with Crippen LogP contribution < -0.4 is 16.0 Å². The maximum absolute atomic E-state index is 12.3. The summed E-state index contributed by atoms with van der Waals surface area (Å²) in [5.74, 6) is -0.110. The molecule has 1 aliphatic rings. The molecule has 4 heterocycles. The van der Waals surface area contributed by atoms with Gasteiger partial charge in [-0.05, 0) is 67.3 Å². The molecule has 192 valence electrons. The molecule has 1 aromatic carbocycles. The second kappa shape index (κ2) is 10.4. The van der Waals surface area contributed by atoms with Crippen molar-refractivity contribution < 1.29 is 14.4 Å². The summed E-state index contributed by atoms with van der Waals surface area (Å²) in [6, 6.07) is 12.9. The molecule has 11 heteroatoms. The Bertz CT molecular complexity index is 1550. The van der Waals surface area contributed by atoms with Crippen LogP contribution >= 0.6 is 11.3 Å². The number of hydrogen-bond acceptors (Lipinski definition) is 8. The molecule has 10 nitrogen and oxygen atoms in total. The van der Waals surface area contributed by atoms with Gasteiger partial charge in [-0.2, -0.15) is 0 Å². The van der Waals surface area contributed by atoms with E-state index >= 15 is 0 Å². The molecule has 1 fully saturated rings. The zero-order valence-corrected chi connectivity index (χ0v) is 21.6. The number of thiophene rings is 1. The molecular formula is C27H25N7O3S. The van der Waals surface area contributed by atoms with Crippen LogP contribution in [0.3, 0.4) is 0 Å². The maximum atomic E-state index is 12.3. The molecule has 1 saturated heterocycles. The van der Waals surface area contributed by atoms with Gasteiger partial charge in [-0.15, -0.1) is 11.3 Å². The number of imide groups is 1. The average molecular weight is 528 g/mol. The normalized spacial score (nSPS) is 14.7. The summed E-state index contributed by atoms with van der Waals surface area (Å²) in [6.07, 6.45) is 8.23. The van der Waals surface area contributed by atoms with E-state index in [1.165, 1.54) is 11.0 Å². The summed E-state index contributed by atoms with van der Waals surface area (Å²) < 4.78 is 1.06. The number of hydrogen-bond donors (Lipinski definition) is 3. The van der Waals surface area contributed by atoms with Crippen molar-refractivity contribution in [2.75, 3.05) is 23.7 Å². The predicted octanol–water partition coefficient (Wildman–Crippen LogP) is 4.15. The summed E-state index contributed by atoms with van der Waals surface area (Å²) >= 11 is 1.59. The van der Waals surface area contributed by atoms with Gasteiger partial charge in [-0.25, -0.2) is 14.8 Å². The smallest absolute Gasteiger partial charge is 0.325 e. The van der Waals surface area contributed by atoms with Crippen molar-refractivity contribution in [3.05, 3.63) is 72.7 Å². The Hall–Kier alpha value is -4.64. The van der Waals surface area contributed by atoms with Crippen LogP contribution in [-0.2, 0) is 9.59 Å². The van der Waals surface area contributed by atoms with Gasteiger partial charge in [0, 0.05) is 48.1 Å². The van der Waals surface area contributed by atoms with Gasteiger partial charge >= 0.3 is 6.03 Å². The van der Waals surface area contributed by atoms with E-state index in [1.54, 1.807) is 49.9 Å². The number of fused-ring (bicyclic) bond motifs is 1. The van der Waals surface area contributed by atoms with Crippen LogP contribution in [0.2, 0.25) is 0 Å². The summed E-state index contributed by atoms with van der Waals surface area (Å²) in [7, 11) is 0. The Morgan fingerprint density at radius 3 is 2.79 bits per heavy atom. The Morgan fingerprint density at radius 2 is 2.03 bits per heavy atom. The Balaban J connectivity index is 1.24. The third-order valence-electron chi connectivity index (χ3n) is 6.12. The van der Waals surface area contributed by atoms with Crippen LogP contribution in [0.15, 0.2) is 67.1 Å². The predicted molar refractivity (Wildman–Crippen MR) is 148 cm³/mol. The lowest BCUT2D eigenvalue weighted by atomic mass is 10.0. The van der Waals surface area contributed by atoms with Crippen LogP contribution in [0.5, 0.6) is 0 Å². The molecule has 3 aromatic heterocycles. The number of rotatable bonds is 8. The van der Waals surface area contributed by atoms with Gasteiger partial charge in [0.2, 0.25) is 11.9 Å². The number of nitrogens with one attached hydrogen (secondary N) is 3. The summed E-state index contributed by atoms with van der Waals surface area (Å²) in [4.78, 5) is 51.7. The van der Waals surface area contributed by atoms with Crippen molar-refractivity contribution >= 4 is 57.0 Å². The van der Waals surface area contributed by atoms with Crippen molar-refractivity contribution in [1.82, 2.24) is 25.2 Å². The van der Waals surface area contributed by atoms with E-state index in [1.807, 2.05) is 42.5 Å². The maximum Gasteiger partial charge on any atom is 0.325 e. The Kier molecular flexibility index (Phi) is 6.84. The molecule has 4 amide bonds. The molecule has 3 N–H and O–H groups in total. The van der Waals surface area contributed by atoms with E-state index in [0.29, 0.717) is 24.7 Å². The number of carbonyl (C=O) groups is 3. The Morgan fingerprint density at radius 1 is 1.16 bits per heavy atom. The monoisotopic (exact) mass is 527 g/mol. The fraction of sp³-hybridized carbons (Fsp3) is 0.185. The van der Waals surface area contributed by atoms with E-state index in [-0.39, 0.29) is 11.8 Å². The average Bonchev–Trinajstić information content (AvgIpc) is 3.41. The number of aromatic nitrogens is 3. The third kappa shape index (κ3) is 5.37. The SMILES string of the molecule is CC1(C)C(=O)NC(=O)N1CCNc1nccc(-c2cc3cc(NC(=O)C=Cc4cccnc4)ccc3s2)n1. The molecule has 0 radical (unpaired) electrons. The molecule has 4 aromatic rings. The molecule has 0 unspecified atom stereocenters. The second-order valence-electron chi connectivity index (χ2n) is 9.13. The van der Waals surface area contributed by atoms with Gasteiger partial charge < -0.3 is 15.5 Å². The van der Waals surface area contributed by atoms with Gasteiger partial charge in [0.15, 0.2) is 0 Å². The molecule has 1 aliphatic heterocycles. The van der Waals surface area contributed by atoms with E-state index in [0.717, 1.165) is 26.2 Å². The zero-order chi connectivity index (χ0) is 26.7. The lowest BCUT2D eigenvalue weighted by Gasteiger charge is -2.27. The van der Waals surface area contributed by atoms with Crippen LogP contribution in [-0.4, -0.2) is 56.3 Å². The topological polar surface area (TPSA) is 129 Å². The van der Waals surface area contributed by atoms with Gasteiger partial charge in [-0.3, -0.25) is 19.9 Å². The van der Waals surface area contributed by atoms with Gasteiger partial charge in [-0.1, -0.05) is 6.07 Å². The van der Waals surface area contributed by atoms with E-state index < -0.39 is 11.6 Å². The van der Waals surface area contributed by atoms with E-state index in [4.69, 9.17) is 0 Å². The van der Waals surface area contributed by atoms with Crippen molar-refractivity contribution in [3.63, 3.8) is 0 Å². The van der Waals surface area contributed by atoms with E-state index in [2.05, 4.69) is 30.9 Å². The number of carbonyl (C=O) groups excluding carboxylic acids is 3. The minimum absolute atomic E-state index is 0.227. The van der Waals surface area contributed by atoms with Crippen molar-refractivity contribution in [2.24, 2.45) is 0 Å². The lowest BCUT2D eigenvalue weighted by Crippen LogP contribution is -2.46. The fourth-order valence-electron chi connectivity index (χ4n) is 4.01. The minimum Gasteiger partial charge on any atom is -0.352 e. The number of benzene rings is 1. The summed E-state index contributed by atoms with van der Waals surface area (Å²) in [6.45, 7) is 4.13. The molecule has 0 atom stereocenters. The first kappa shape index (κ1) is 25.0. The lowest BCUT2D eigenvalue weighted by molar-refractivity contribution is -0.125. The van der Waals surface area contributed by atoms with Gasteiger partial charge in [0.05, 0.1) is 10.6 Å². The molecule has 0 aliphatic carbocycles. The molecule has 38 heavy (non-hydrogen) atoms. The van der Waals surface area contributed by atoms with Crippen LogP contribution in [0.1, 0.15) is 19.4 Å². The van der Waals surface area contributed by atoms with Gasteiger partial charge in [0.25, 0.3) is 5.91 Å². The largest absolute Gasteiger partial charge is 0.352 e. The Labute approximate surface area is 222 Å². The number of anilines is 2. The van der Waals surface area contributed by atoms with E-state index in [9.17, 15) is 14.4 Å². The number of urea groups is 1. The van der Waals surface area contributed by atoms with Crippen molar-refractivity contribution in [2.45, 2.75) is 19.4 Å². The zero-order valence-electron chi connectivity index (χ0n) is 20.8. The van der Waals surface area contributed by atoms with Crippen LogP contribution in [0.4, 0.5) is 16.4 Å². The van der Waals surface area contributed by atoms with Crippen LogP contribution in [0, 0.1) is 0 Å². The highest BCUT2D eigenvalue weighted by Crippen LogP contribution is 2.34. The molecule has 0 bridgehead atoms. The summed E-state index contributed by atoms with van der Waals surface area (Å²) in [5.41, 5.74) is 1.40. The highest BCUT2D eigenvalue weighted by Gasteiger charge is 2.45. The first-order valence-electron chi connectivity index (χ1n) is 11.9.